The van der Waals surface area contributed by atoms with Crippen molar-refractivity contribution in [3.8, 4) is 0 Å². The Bertz CT molecular complexity index is 707. The molecule has 0 aliphatic rings. The van der Waals surface area contributed by atoms with Gasteiger partial charge in [0.2, 0.25) is 5.84 Å². The number of amidine groups is 1. The van der Waals surface area contributed by atoms with Crippen LogP contribution < -0.4 is 10.2 Å². The van der Waals surface area contributed by atoms with Crippen LogP contribution >= 0.6 is 0 Å². The third kappa shape index (κ3) is 4.75. The van der Waals surface area contributed by atoms with Gasteiger partial charge in [0.15, 0.2) is 0 Å². The first-order valence-corrected chi connectivity index (χ1v) is 8.75. The Morgan fingerprint density at radius 3 is 2.48 bits per heavy atom. The number of hydrogen-bond donors (Lipinski definition) is 2. The highest BCUT2D eigenvalue weighted by Gasteiger charge is 2.29. The monoisotopic (exact) mass is 337 g/mol. The quantitative estimate of drug-likeness (QED) is 0.272. The van der Waals surface area contributed by atoms with Crippen molar-refractivity contribution in [3.63, 3.8) is 0 Å². The highest BCUT2D eigenvalue weighted by Crippen LogP contribution is 2.11. The molecule has 1 aromatic carbocycles. The maximum Gasteiger partial charge on any atom is 0.331 e. The Morgan fingerprint density at radius 1 is 1.43 bits per heavy atom. The number of nitrogens with one attached hydrogen (secondary N) is 1. The summed E-state index contributed by atoms with van der Waals surface area (Å²) >= 11 is 0. The minimum absolute atomic E-state index is 0.0277. The third-order valence-corrected chi connectivity index (χ3v) is 4.97. The highest BCUT2D eigenvalue weighted by atomic mass is 32.2. The van der Waals surface area contributed by atoms with Crippen molar-refractivity contribution in [1.82, 2.24) is 0 Å². The lowest BCUT2D eigenvalue weighted by Crippen LogP contribution is -3.12. The smallest absolute Gasteiger partial charge is 0.331 e. The van der Waals surface area contributed by atoms with Crippen molar-refractivity contribution >= 4 is 21.5 Å². The molecule has 0 saturated heterocycles. The molecule has 126 valence electrons. The summed E-state index contributed by atoms with van der Waals surface area (Å²) in [6.07, 6.45) is 3.75. The first-order valence-electron chi connectivity index (χ1n) is 7.26. The van der Waals surface area contributed by atoms with Gasteiger partial charge in [-0.15, -0.1) is 0 Å². The van der Waals surface area contributed by atoms with Crippen molar-refractivity contribution in [1.29, 1.82) is 0 Å². The Labute approximate surface area is 137 Å². The lowest BCUT2D eigenvalue weighted by Gasteiger charge is -2.25. The molecule has 7 heteroatoms. The molecule has 0 radical (unpaired) electrons. The molecule has 1 rings (SSSR count). The van der Waals surface area contributed by atoms with E-state index in [4.69, 9.17) is 5.73 Å². The summed E-state index contributed by atoms with van der Waals surface area (Å²) in [5, 5.41) is 12.6. The van der Waals surface area contributed by atoms with E-state index in [0.717, 1.165) is 0 Å². The average Bonchev–Trinajstić information content (AvgIpc) is 2.52. The van der Waals surface area contributed by atoms with E-state index in [1.807, 2.05) is 6.92 Å². The van der Waals surface area contributed by atoms with Crippen LogP contribution in [0.2, 0.25) is 0 Å². The minimum atomic E-state index is -4.15. The van der Waals surface area contributed by atoms with Crippen LogP contribution in [0.15, 0.2) is 58.6 Å². The highest BCUT2D eigenvalue weighted by molar-refractivity contribution is 7.85. The number of aliphatic imine (C=N–C) groups is 1. The summed E-state index contributed by atoms with van der Waals surface area (Å²) in [6.45, 7) is 8.89. The summed E-state index contributed by atoms with van der Waals surface area (Å²) in [5.74, 6) is -0.251. The van der Waals surface area contributed by atoms with Crippen molar-refractivity contribution in [2.75, 3.05) is 5.73 Å². The molecule has 2 unspecified atom stereocenters. The van der Waals surface area contributed by atoms with Gasteiger partial charge < -0.3 is 10.9 Å². The minimum Gasteiger partial charge on any atom is -0.612 e. The van der Waals surface area contributed by atoms with E-state index in [1.165, 1.54) is 30.3 Å². The van der Waals surface area contributed by atoms with Crippen LogP contribution in [0, 0.1) is 11.1 Å². The van der Waals surface area contributed by atoms with Crippen LogP contribution in [0.3, 0.4) is 0 Å². The maximum absolute atomic E-state index is 12.6. The van der Waals surface area contributed by atoms with Crippen LogP contribution in [0.1, 0.15) is 27.2 Å². The second-order valence-corrected chi connectivity index (χ2v) is 7.06. The summed E-state index contributed by atoms with van der Waals surface area (Å²) in [4.78, 5) is 4.11. The lowest BCUT2D eigenvalue weighted by molar-refractivity contribution is -0.597. The number of nitrogens with two attached hydrogens (primary N) is 1. The van der Waals surface area contributed by atoms with Crippen LogP contribution in [0.25, 0.3) is 0 Å². The largest absolute Gasteiger partial charge is 0.612 e. The number of nitrogen functional groups attached to an aromatic ring is 1. The van der Waals surface area contributed by atoms with Crippen LogP contribution in [-0.2, 0) is 10.0 Å². The van der Waals surface area contributed by atoms with E-state index in [0.29, 0.717) is 17.8 Å². The fraction of sp³-hybridized carbons (Fsp3) is 0.312. The summed E-state index contributed by atoms with van der Waals surface area (Å²) in [6, 6.07) is 5.54. The normalized spacial score (nSPS) is 16.0. The molecule has 0 fully saturated rings. The molecule has 1 aromatic rings. The Morgan fingerprint density at radius 2 is 2.00 bits per heavy atom. The zero-order valence-electron chi connectivity index (χ0n) is 13.6. The predicted molar refractivity (Wildman–Crippen MR) is 93.2 cm³/mol. The standard InChI is InChI=1S/C16H23N3O3S/c1-5-7-13(4)18-16(12(3)6-2)19(20)23(21,22)15-10-8-14(17)9-11-15/h5,7-12,19H,1,6,17H2,2-4H3/b13-7-,18-16?. The second kappa shape index (κ2) is 8.05. The van der Waals surface area contributed by atoms with Gasteiger partial charge in [0.05, 0.1) is 5.92 Å². The molecule has 6 nitrogen and oxygen atoms in total. The number of hydrogen-bond acceptors (Lipinski definition) is 5. The second-order valence-electron chi connectivity index (χ2n) is 5.21. The van der Waals surface area contributed by atoms with Crippen molar-refractivity contribution in [3.05, 3.63) is 53.9 Å². The number of quaternary nitrogens is 1. The van der Waals surface area contributed by atoms with Gasteiger partial charge in [0.1, 0.15) is 4.90 Å². The lowest BCUT2D eigenvalue weighted by atomic mass is 10.1. The number of anilines is 1. The zero-order valence-corrected chi connectivity index (χ0v) is 14.4. The van der Waals surface area contributed by atoms with E-state index in [2.05, 4.69) is 11.6 Å². The van der Waals surface area contributed by atoms with Gasteiger partial charge in [-0.3, -0.25) is 0 Å². The van der Waals surface area contributed by atoms with E-state index in [1.54, 1.807) is 19.9 Å². The van der Waals surface area contributed by atoms with Gasteiger partial charge in [-0.1, -0.05) is 26.5 Å². The first kappa shape index (κ1) is 19.1. The van der Waals surface area contributed by atoms with E-state index >= 15 is 0 Å². The molecule has 0 heterocycles. The molecular formula is C16H23N3O3S. The molecule has 2 atom stereocenters. The molecule has 0 amide bonds. The van der Waals surface area contributed by atoms with E-state index < -0.39 is 14.5 Å². The number of rotatable bonds is 6. The van der Waals surface area contributed by atoms with E-state index in [9.17, 15) is 13.6 Å². The maximum atomic E-state index is 12.6. The number of allylic oxidation sites excluding steroid dienone is 3. The number of nitrogens with zero attached hydrogens (tertiary/aromatic N) is 1. The molecule has 0 bridgehead atoms. The Kier molecular flexibility index (Phi) is 6.68. The topological polar surface area (TPSA) is 100 Å². The number of benzene rings is 1. The van der Waals surface area contributed by atoms with Gasteiger partial charge in [-0.2, -0.15) is 8.42 Å². The zero-order chi connectivity index (χ0) is 17.6. The average molecular weight is 337 g/mol. The molecular weight excluding hydrogens is 314 g/mol. The summed E-state index contributed by atoms with van der Waals surface area (Å²) in [7, 11) is -4.15. The van der Waals surface area contributed by atoms with Gasteiger partial charge >= 0.3 is 10.0 Å². The Hall–Kier alpha value is -1.96. The van der Waals surface area contributed by atoms with Crippen LogP contribution in [0.4, 0.5) is 5.69 Å². The van der Waals surface area contributed by atoms with E-state index in [-0.39, 0.29) is 16.6 Å². The van der Waals surface area contributed by atoms with Crippen LogP contribution in [0.5, 0.6) is 0 Å². The van der Waals surface area contributed by atoms with Crippen molar-refractivity contribution in [2.45, 2.75) is 32.1 Å². The molecule has 3 N–H and O–H groups in total. The van der Waals surface area contributed by atoms with Crippen molar-refractivity contribution in [2.24, 2.45) is 10.9 Å². The van der Waals surface area contributed by atoms with Crippen molar-refractivity contribution < 1.29 is 12.9 Å². The molecule has 0 aromatic heterocycles. The van der Waals surface area contributed by atoms with Gasteiger partial charge in [-0.05, 0) is 43.7 Å². The third-order valence-electron chi connectivity index (χ3n) is 3.38. The molecule has 0 aliphatic carbocycles. The number of hydroxylamine groups is 1. The van der Waals surface area contributed by atoms with Gasteiger partial charge in [0, 0.05) is 11.4 Å². The Balaban J connectivity index is 3.33. The summed E-state index contributed by atoms with van der Waals surface area (Å²) < 4.78 is 24.1. The molecule has 23 heavy (non-hydrogen) atoms. The fourth-order valence-corrected chi connectivity index (χ4v) is 3.07. The SMILES string of the molecule is C=C/C=C(/C)N=C(C(C)CC)[NH+]([O-])S(=O)(=O)c1ccc(N)cc1. The molecule has 0 saturated carbocycles. The molecule has 0 aliphatic heterocycles. The van der Waals surface area contributed by atoms with Crippen LogP contribution in [-0.4, -0.2) is 14.3 Å². The summed E-state index contributed by atoms with van der Waals surface area (Å²) in [5.41, 5.74) is 6.51. The van der Waals surface area contributed by atoms with Gasteiger partial charge in [0.25, 0.3) is 0 Å². The number of sulfonamides is 1. The predicted octanol–water partition coefficient (Wildman–Crippen LogP) is 1.87. The first-order chi connectivity index (χ1) is 10.7. The van der Waals surface area contributed by atoms with Gasteiger partial charge in [-0.25, -0.2) is 9.46 Å². The molecule has 0 spiro atoms. The fourth-order valence-electron chi connectivity index (χ4n) is 1.84.